The molecule has 0 amide bonds. The Morgan fingerprint density at radius 2 is 1.86 bits per heavy atom. The molecule has 0 fully saturated rings. The predicted octanol–water partition coefficient (Wildman–Crippen LogP) is 3.54. The summed E-state index contributed by atoms with van der Waals surface area (Å²) in [6.45, 7) is 0. The molecular formula is C16H17ClFNO2. The van der Waals surface area contributed by atoms with Gasteiger partial charge in [0.1, 0.15) is 12.1 Å². The van der Waals surface area contributed by atoms with Gasteiger partial charge in [-0.15, -0.1) is 0 Å². The Labute approximate surface area is 128 Å². The van der Waals surface area contributed by atoms with Crippen molar-refractivity contribution in [3.8, 4) is 11.1 Å². The fraction of sp³-hybridized carbons (Fsp3) is 0.188. The quantitative estimate of drug-likeness (QED) is 0.849. The smallest absolute Gasteiger partial charge is 0.148 e. The van der Waals surface area contributed by atoms with Crippen LogP contribution in [0.15, 0.2) is 36.4 Å². The Hall–Kier alpha value is -1.91. The van der Waals surface area contributed by atoms with Crippen molar-refractivity contribution >= 4 is 23.6 Å². The van der Waals surface area contributed by atoms with Gasteiger partial charge in [-0.25, -0.2) is 4.39 Å². The molecule has 0 heterocycles. The largest absolute Gasteiger partial charge is 0.400 e. The lowest BCUT2D eigenvalue weighted by molar-refractivity contribution is -0.107. The van der Waals surface area contributed by atoms with Gasteiger partial charge in [0.05, 0.1) is 5.69 Å². The molecule has 2 aromatic carbocycles. The summed E-state index contributed by atoms with van der Waals surface area (Å²) in [6.07, 6.45) is 1.23. The molecule has 0 aromatic heterocycles. The molecule has 0 aliphatic rings. The summed E-state index contributed by atoms with van der Waals surface area (Å²) in [6, 6.07) is 10.4. The zero-order chi connectivity index (χ0) is 15.8. The molecule has 0 radical (unpaired) electrons. The van der Waals surface area contributed by atoms with Gasteiger partial charge >= 0.3 is 0 Å². The summed E-state index contributed by atoms with van der Waals surface area (Å²) in [5.74, 6) is -0.387. The first kappa shape index (κ1) is 17.1. The van der Waals surface area contributed by atoms with E-state index in [2.05, 4.69) is 5.32 Å². The van der Waals surface area contributed by atoms with Gasteiger partial charge in [0, 0.05) is 31.2 Å². The van der Waals surface area contributed by atoms with E-state index in [1.165, 1.54) is 6.07 Å². The Balaban J connectivity index is 0.00000106. The first-order valence-corrected chi connectivity index (χ1v) is 6.68. The molecule has 5 heteroatoms. The number of carbonyl (C=O) groups is 1. The maximum Gasteiger partial charge on any atom is 0.148 e. The first-order valence-electron chi connectivity index (χ1n) is 6.30. The van der Waals surface area contributed by atoms with Crippen LogP contribution >= 0.6 is 11.6 Å². The zero-order valence-electron chi connectivity index (χ0n) is 11.9. The number of aliphatic hydroxyl groups excluding tert-OH is 1. The Bertz CT molecular complexity index is 600. The first-order chi connectivity index (χ1) is 10.2. The minimum absolute atomic E-state index is 0.350. The van der Waals surface area contributed by atoms with E-state index in [9.17, 15) is 9.18 Å². The number of nitrogens with one attached hydrogen (secondary N) is 1. The molecular weight excluding hydrogens is 293 g/mol. The van der Waals surface area contributed by atoms with Crippen LogP contribution in [0.1, 0.15) is 5.56 Å². The van der Waals surface area contributed by atoms with E-state index in [1.807, 2.05) is 24.3 Å². The second kappa shape index (κ2) is 8.39. The molecule has 21 heavy (non-hydrogen) atoms. The van der Waals surface area contributed by atoms with Gasteiger partial charge in [-0.3, -0.25) is 0 Å². The minimum Gasteiger partial charge on any atom is -0.400 e. The second-order valence-corrected chi connectivity index (χ2v) is 4.56. The molecule has 0 aliphatic carbocycles. The maximum absolute atomic E-state index is 13.8. The van der Waals surface area contributed by atoms with Crippen molar-refractivity contribution in [1.29, 1.82) is 0 Å². The monoisotopic (exact) mass is 309 g/mol. The van der Waals surface area contributed by atoms with Crippen LogP contribution in [-0.2, 0) is 11.2 Å². The summed E-state index contributed by atoms with van der Waals surface area (Å²) in [7, 11) is 2.66. The van der Waals surface area contributed by atoms with Crippen LogP contribution in [0.3, 0.4) is 0 Å². The number of hydrogen-bond donors (Lipinski definition) is 2. The lowest BCUT2D eigenvalue weighted by Gasteiger charge is -2.11. The van der Waals surface area contributed by atoms with E-state index in [4.69, 9.17) is 16.7 Å². The molecule has 2 rings (SSSR count). The van der Waals surface area contributed by atoms with Crippen molar-refractivity contribution in [3.05, 3.63) is 52.8 Å². The van der Waals surface area contributed by atoms with Crippen LogP contribution in [0.2, 0.25) is 5.02 Å². The van der Waals surface area contributed by atoms with Crippen molar-refractivity contribution in [1.82, 2.24) is 0 Å². The molecule has 0 unspecified atom stereocenters. The van der Waals surface area contributed by atoms with Gasteiger partial charge in [0.2, 0.25) is 0 Å². The maximum atomic E-state index is 13.8. The van der Waals surface area contributed by atoms with Crippen LogP contribution in [0.25, 0.3) is 11.1 Å². The number of rotatable bonds is 4. The lowest BCUT2D eigenvalue weighted by atomic mass is 10.0. The van der Waals surface area contributed by atoms with Gasteiger partial charge < -0.3 is 15.2 Å². The zero-order valence-corrected chi connectivity index (χ0v) is 12.6. The van der Waals surface area contributed by atoms with Crippen molar-refractivity contribution in [2.75, 3.05) is 19.5 Å². The Morgan fingerprint density at radius 1 is 1.24 bits per heavy atom. The third kappa shape index (κ3) is 4.28. The van der Waals surface area contributed by atoms with Gasteiger partial charge in [0.15, 0.2) is 0 Å². The lowest BCUT2D eigenvalue weighted by Crippen LogP contribution is -1.96. The summed E-state index contributed by atoms with van der Waals surface area (Å²) < 4.78 is 13.8. The van der Waals surface area contributed by atoms with Gasteiger partial charge in [-0.2, -0.15) is 0 Å². The van der Waals surface area contributed by atoms with Crippen molar-refractivity contribution in [2.45, 2.75) is 6.42 Å². The highest BCUT2D eigenvalue weighted by atomic mass is 35.5. The molecule has 0 saturated carbocycles. The average Bonchev–Trinajstić information content (AvgIpc) is 2.50. The Kier molecular flexibility index (Phi) is 6.85. The van der Waals surface area contributed by atoms with E-state index in [0.29, 0.717) is 22.7 Å². The molecule has 0 spiro atoms. The summed E-state index contributed by atoms with van der Waals surface area (Å²) in [5.41, 5.74) is 2.88. The Morgan fingerprint density at radius 3 is 2.38 bits per heavy atom. The summed E-state index contributed by atoms with van der Waals surface area (Å²) >= 11 is 5.90. The number of hydrogen-bond acceptors (Lipinski definition) is 3. The number of carbonyl (C=O) groups excluding carboxylic acids is 1. The van der Waals surface area contributed by atoms with Crippen molar-refractivity contribution < 1.29 is 14.3 Å². The third-order valence-electron chi connectivity index (χ3n) is 2.89. The van der Waals surface area contributed by atoms with Crippen LogP contribution < -0.4 is 5.32 Å². The minimum atomic E-state index is -0.387. The average molecular weight is 310 g/mol. The third-order valence-corrected chi connectivity index (χ3v) is 3.11. The SMILES string of the molecule is CNc1c(F)cc(Cl)cc1-c1ccc(CC=O)cc1.CO. The van der Waals surface area contributed by atoms with Crippen LogP contribution in [0.4, 0.5) is 10.1 Å². The molecule has 112 valence electrons. The van der Waals surface area contributed by atoms with Gasteiger partial charge in [0.25, 0.3) is 0 Å². The number of halogens is 2. The topological polar surface area (TPSA) is 49.3 Å². The number of anilines is 1. The van der Waals surface area contributed by atoms with Crippen LogP contribution in [0.5, 0.6) is 0 Å². The molecule has 2 aromatic rings. The fourth-order valence-corrected chi connectivity index (χ4v) is 2.18. The number of benzene rings is 2. The predicted molar refractivity (Wildman–Crippen MR) is 84.3 cm³/mol. The molecule has 3 nitrogen and oxygen atoms in total. The number of aliphatic hydroxyl groups is 1. The molecule has 0 aliphatic heterocycles. The van der Waals surface area contributed by atoms with E-state index in [1.54, 1.807) is 13.1 Å². The van der Waals surface area contributed by atoms with E-state index < -0.39 is 0 Å². The van der Waals surface area contributed by atoms with Gasteiger partial charge in [-0.1, -0.05) is 35.9 Å². The highest BCUT2D eigenvalue weighted by molar-refractivity contribution is 6.31. The molecule has 0 bridgehead atoms. The summed E-state index contributed by atoms with van der Waals surface area (Å²) in [5, 5.41) is 10.2. The van der Waals surface area contributed by atoms with E-state index in [-0.39, 0.29) is 5.82 Å². The van der Waals surface area contributed by atoms with Crippen molar-refractivity contribution in [2.24, 2.45) is 0 Å². The van der Waals surface area contributed by atoms with E-state index in [0.717, 1.165) is 24.5 Å². The van der Waals surface area contributed by atoms with Gasteiger partial charge in [-0.05, 0) is 23.3 Å². The van der Waals surface area contributed by atoms with Crippen LogP contribution in [0, 0.1) is 5.82 Å². The highest BCUT2D eigenvalue weighted by Gasteiger charge is 2.11. The highest BCUT2D eigenvalue weighted by Crippen LogP contribution is 2.33. The fourth-order valence-electron chi connectivity index (χ4n) is 1.97. The van der Waals surface area contributed by atoms with Crippen molar-refractivity contribution in [3.63, 3.8) is 0 Å². The standard InChI is InChI=1S/C15H13ClFNO.CH4O/c1-18-15-13(8-12(16)9-14(15)17)11-4-2-10(3-5-11)6-7-19;1-2/h2-5,7-9,18H,6H2,1H3;2H,1H3. The normalized spacial score (nSPS) is 9.57. The second-order valence-electron chi connectivity index (χ2n) is 4.13. The molecule has 0 atom stereocenters. The number of aldehydes is 1. The van der Waals surface area contributed by atoms with E-state index >= 15 is 0 Å². The summed E-state index contributed by atoms with van der Waals surface area (Å²) in [4.78, 5) is 10.4. The molecule has 2 N–H and O–H groups in total. The molecule has 0 saturated heterocycles. The van der Waals surface area contributed by atoms with Crippen LogP contribution in [-0.4, -0.2) is 25.6 Å².